The molecule has 2 aromatic rings. The summed E-state index contributed by atoms with van der Waals surface area (Å²) in [6.07, 6.45) is 0.719. The Labute approximate surface area is 143 Å². The fraction of sp³-hybridized carbons (Fsp3) is 0.235. The van der Waals surface area contributed by atoms with E-state index in [1.807, 2.05) is 0 Å². The maximum Gasteiger partial charge on any atom is 0.254 e. The number of likely N-dealkylation sites (N-methyl/N-ethyl adjacent to an activating group) is 1. The average molecular weight is 354 g/mol. The first-order valence-corrected chi connectivity index (χ1v) is 7.86. The highest BCUT2D eigenvalue weighted by molar-refractivity contribution is 6.35. The van der Waals surface area contributed by atoms with E-state index >= 15 is 0 Å². The summed E-state index contributed by atoms with van der Waals surface area (Å²) in [5.74, 6) is 0.0594. The van der Waals surface area contributed by atoms with Gasteiger partial charge in [0.2, 0.25) is 0 Å². The van der Waals surface area contributed by atoms with Crippen molar-refractivity contribution in [2.24, 2.45) is 0 Å². The second-order valence-electron chi connectivity index (χ2n) is 5.41. The van der Waals surface area contributed by atoms with E-state index in [-0.39, 0.29) is 17.5 Å². The number of carbonyl (C=O) groups is 1. The van der Waals surface area contributed by atoms with Gasteiger partial charge in [0, 0.05) is 35.3 Å². The lowest BCUT2D eigenvalue weighted by molar-refractivity contribution is 0.0779. The predicted octanol–water partition coefficient (Wildman–Crippen LogP) is 4.34. The molecule has 0 radical (unpaired) electrons. The fourth-order valence-electron chi connectivity index (χ4n) is 2.58. The number of hydrogen-bond acceptors (Lipinski definition) is 2. The van der Waals surface area contributed by atoms with Crippen LogP contribution in [-0.4, -0.2) is 24.4 Å². The lowest BCUT2D eigenvalue weighted by Crippen LogP contribution is -2.34. The van der Waals surface area contributed by atoms with Crippen LogP contribution < -0.4 is 4.74 Å². The first-order valence-electron chi connectivity index (χ1n) is 7.11. The highest BCUT2D eigenvalue weighted by Crippen LogP contribution is 2.30. The van der Waals surface area contributed by atoms with Crippen LogP contribution in [-0.2, 0) is 13.0 Å². The Morgan fingerprint density at radius 2 is 2.04 bits per heavy atom. The zero-order valence-corrected chi connectivity index (χ0v) is 13.9. The van der Waals surface area contributed by atoms with Gasteiger partial charge in [-0.05, 0) is 30.7 Å². The maximum absolute atomic E-state index is 13.6. The van der Waals surface area contributed by atoms with Crippen molar-refractivity contribution in [1.82, 2.24) is 4.90 Å². The van der Waals surface area contributed by atoms with Crippen LogP contribution in [0, 0.1) is 5.82 Å². The summed E-state index contributed by atoms with van der Waals surface area (Å²) >= 11 is 11.7. The molecule has 0 unspecified atom stereocenters. The van der Waals surface area contributed by atoms with Crippen LogP contribution in [0.1, 0.15) is 21.5 Å². The molecular weight excluding hydrogens is 340 g/mol. The number of fused-ring (bicyclic) bond motifs is 1. The highest BCUT2D eigenvalue weighted by atomic mass is 35.5. The zero-order valence-electron chi connectivity index (χ0n) is 12.4. The Morgan fingerprint density at radius 3 is 2.83 bits per heavy atom. The molecule has 6 heteroatoms. The largest absolute Gasteiger partial charge is 0.489 e. The van der Waals surface area contributed by atoms with E-state index in [0.717, 1.165) is 12.0 Å². The van der Waals surface area contributed by atoms with Crippen LogP contribution in [0.2, 0.25) is 10.0 Å². The topological polar surface area (TPSA) is 29.5 Å². The minimum Gasteiger partial charge on any atom is -0.489 e. The summed E-state index contributed by atoms with van der Waals surface area (Å²) < 4.78 is 19.3. The van der Waals surface area contributed by atoms with Crippen LogP contribution in [0.5, 0.6) is 5.75 Å². The molecule has 0 bridgehead atoms. The zero-order chi connectivity index (χ0) is 16.6. The van der Waals surface area contributed by atoms with E-state index in [0.29, 0.717) is 28.4 Å². The Morgan fingerprint density at radius 1 is 1.26 bits per heavy atom. The summed E-state index contributed by atoms with van der Waals surface area (Å²) in [4.78, 5) is 13.8. The number of hydrogen-bond donors (Lipinski definition) is 0. The summed E-state index contributed by atoms with van der Waals surface area (Å²) in [5, 5.41) is 0.321. The van der Waals surface area contributed by atoms with E-state index in [1.165, 1.54) is 12.1 Å². The minimum absolute atomic E-state index is 0.0210. The quantitative estimate of drug-likeness (QED) is 0.768. The number of ether oxygens (including phenoxy) is 1. The van der Waals surface area contributed by atoms with Crippen molar-refractivity contribution in [3.8, 4) is 5.75 Å². The smallest absolute Gasteiger partial charge is 0.254 e. The number of nitrogens with zero attached hydrogens (tertiary/aromatic N) is 1. The fourth-order valence-corrected chi connectivity index (χ4v) is 3.01. The first-order chi connectivity index (χ1) is 11.0. The molecule has 0 saturated heterocycles. The van der Waals surface area contributed by atoms with Crippen LogP contribution in [0.15, 0.2) is 30.3 Å². The van der Waals surface area contributed by atoms with Crippen molar-refractivity contribution in [3.05, 3.63) is 62.9 Å². The third-order valence-corrected chi connectivity index (χ3v) is 4.52. The molecule has 1 aliphatic heterocycles. The normalized spacial score (nSPS) is 13.9. The van der Waals surface area contributed by atoms with E-state index < -0.39 is 5.82 Å². The minimum atomic E-state index is -0.540. The summed E-state index contributed by atoms with van der Waals surface area (Å²) in [6, 6.07) is 7.98. The van der Waals surface area contributed by atoms with E-state index in [2.05, 4.69) is 0 Å². The molecule has 120 valence electrons. The van der Waals surface area contributed by atoms with Crippen molar-refractivity contribution in [3.63, 3.8) is 0 Å². The summed E-state index contributed by atoms with van der Waals surface area (Å²) in [6.45, 7) is 0.746. The Kier molecular flexibility index (Phi) is 4.46. The molecule has 0 saturated carbocycles. The van der Waals surface area contributed by atoms with Crippen molar-refractivity contribution < 1.29 is 13.9 Å². The number of halogens is 3. The number of rotatable bonds is 3. The van der Waals surface area contributed by atoms with Gasteiger partial charge in [-0.2, -0.15) is 0 Å². The third-order valence-electron chi connectivity index (χ3n) is 3.88. The molecule has 0 fully saturated rings. The van der Waals surface area contributed by atoms with Gasteiger partial charge in [0.25, 0.3) is 5.91 Å². The third kappa shape index (κ3) is 3.14. The number of benzene rings is 2. The van der Waals surface area contributed by atoms with Gasteiger partial charge in [0.15, 0.2) is 0 Å². The summed E-state index contributed by atoms with van der Waals surface area (Å²) in [7, 11) is 1.77. The molecule has 0 aromatic heterocycles. The van der Waals surface area contributed by atoms with Gasteiger partial charge in [-0.1, -0.05) is 29.3 Å². The molecule has 3 nitrogen and oxygen atoms in total. The predicted molar refractivity (Wildman–Crippen MR) is 87.9 cm³/mol. The second kappa shape index (κ2) is 6.38. The average Bonchev–Trinajstić information content (AvgIpc) is 2.53. The SMILES string of the molecule is CN1CCc2c(OCc3cc(F)c(Cl)cc3Cl)cccc2C1=O. The summed E-state index contributed by atoms with van der Waals surface area (Å²) in [5.41, 5.74) is 2.02. The lowest BCUT2D eigenvalue weighted by atomic mass is 9.98. The molecule has 1 aliphatic rings. The molecule has 0 spiro atoms. The Balaban J connectivity index is 1.85. The van der Waals surface area contributed by atoms with Gasteiger partial charge in [-0.3, -0.25) is 4.79 Å². The molecule has 0 aliphatic carbocycles. The van der Waals surface area contributed by atoms with E-state index in [4.69, 9.17) is 27.9 Å². The molecule has 1 heterocycles. The molecule has 0 atom stereocenters. The van der Waals surface area contributed by atoms with Crippen molar-refractivity contribution in [2.45, 2.75) is 13.0 Å². The van der Waals surface area contributed by atoms with Gasteiger partial charge in [-0.25, -0.2) is 4.39 Å². The molecular formula is C17H14Cl2FNO2. The van der Waals surface area contributed by atoms with Crippen molar-refractivity contribution in [1.29, 1.82) is 0 Å². The Bertz CT molecular complexity index is 779. The van der Waals surface area contributed by atoms with Crippen LogP contribution in [0.3, 0.4) is 0 Å². The highest BCUT2D eigenvalue weighted by Gasteiger charge is 2.24. The number of carbonyl (C=O) groups excluding carboxylic acids is 1. The second-order valence-corrected chi connectivity index (χ2v) is 6.22. The monoisotopic (exact) mass is 353 g/mol. The van der Waals surface area contributed by atoms with E-state index in [9.17, 15) is 9.18 Å². The van der Waals surface area contributed by atoms with Gasteiger partial charge < -0.3 is 9.64 Å². The molecule has 3 rings (SSSR count). The first kappa shape index (κ1) is 16.1. The van der Waals surface area contributed by atoms with Crippen molar-refractivity contribution >= 4 is 29.1 Å². The Hall–Kier alpha value is -1.78. The maximum atomic E-state index is 13.6. The van der Waals surface area contributed by atoms with Crippen molar-refractivity contribution in [2.75, 3.05) is 13.6 Å². The van der Waals surface area contributed by atoms with Gasteiger partial charge in [0.1, 0.15) is 18.2 Å². The molecule has 0 N–H and O–H groups in total. The van der Waals surface area contributed by atoms with E-state index in [1.54, 1.807) is 30.1 Å². The molecule has 2 aromatic carbocycles. The lowest BCUT2D eigenvalue weighted by Gasteiger charge is -2.26. The van der Waals surface area contributed by atoms with Gasteiger partial charge in [0.05, 0.1) is 5.02 Å². The number of amides is 1. The van der Waals surface area contributed by atoms with Crippen LogP contribution in [0.4, 0.5) is 4.39 Å². The molecule has 23 heavy (non-hydrogen) atoms. The van der Waals surface area contributed by atoms with Crippen LogP contribution >= 0.6 is 23.2 Å². The molecule has 1 amide bonds. The van der Waals surface area contributed by atoms with Gasteiger partial charge >= 0.3 is 0 Å². The van der Waals surface area contributed by atoms with Gasteiger partial charge in [-0.15, -0.1) is 0 Å². The van der Waals surface area contributed by atoms with Crippen LogP contribution in [0.25, 0.3) is 0 Å². The standard InChI is InChI=1S/C17H14Cl2FNO2/c1-21-6-5-11-12(17(21)22)3-2-4-16(11)23-9-10-7-15(20)14(19)8-13(10)18/h2-4,7-8H,5-6,9H2,1H3.